The molecule has 2 aliphatic carbocycles. The van der Waals surface area contributed by atoms with E-state index in [0.29, 0.717) is 12.8 Å². The van der Waals surface area contributed by atoms with E-state index < -0.39 is 18.1 Å². The number of aliphatic hydroxyl groups is 2. The topological polar surface area (TPSA) is 93.1 Å². The molecule has 4 aliphatic rings. The molecule has 0 aromatic heterocycles. The van der Waals surface area contributed by atoms with Gasteiger partial charge in [0, 0.05) is 30.4 Å². The predicted molar refractivity (Wildman–Crippen MR) is 82.5 cm³/mol. The summed E-state index contributed by atoms with van der Waals surface area (Å²) in [6, 6.07) is 0. The molecule has 6 nitrogen and oxygen atoms in total. The van der Waals surface area contributed by atoms with Gasteiger partial charge in [0.2, 0.25) is 0 Å². The lowest BCUT2D eigenvalue weighted by molar-refractivity contribution is -0.158. The number of carbonyl (C=O) groups excluding carboxylic acids is 2. The molecule has 8 unspecified atom stereocenters. The SMILES string of the molecule is CC(CO)C1OC(=O)C=C2C1CC1OC(=O)C3C(O)CCC2(C)C13. The van der Waals surface area contributed by atoms with Crippen LogP contribution in [0.2, 0.25) is 0 Å². The summed E-state index contributed by atoms with van der Waals surface area (Å²) >= 11 is 0. The summed E-state index contributed by atoms with van der Waals surface area (Å²) in [6.45, 7) is 3.89. The van der Waals surface area contributed by atoms with Crippen LogP contribution in [-0.2, 0) is 19.1 Å². The first-order valence-electron chi connectivity index (χ1n) is 8.79. The minimum atomic E-state index is -0.666. The average molecular weight is 336 g/mol. The average Bonchev–Trinajstić information content (AvgIpc) is 2.89. The van der Waals surface area contributed by atoms with Gasteiger partial charge in [0.15, 0.2) is 0 Å². The van der Waals surface area contributed by atoms with Crippen molar-refractivity contribution in [3.8, 4) is 0 Å². The normalized spacial score (nSPS) is 47.9. The minimum absolute atomic E-state index is 0.0436. The first-order valence-corrected chi connectivity index (χ1v) is 8.79. The summed E-state index contributed by atoms with van der Waals surface area (Å²) in [5.74, 6) is -1.50. The van der Waals surface area contributed by atoms with E-state index in [1.54, 1.807) is 6.08 Å². The van der Waals surface area contributed by atoms with E-state index in [9.17, 15) is 19.8 Å². The van der Waals surface area contributed by atoms with E-state index in [-0.39, 0.29) is 47.8 Å². The van der Waals surface area contributed by atoms with E-state index >= 15 is 0 Å². The maximum Gasteiger partial charge on any atom is 0.331 e. The molecule has 0 aromatic rings. The fourth-order valence-corrected chi connectivity index (χ4v) is 5.59. The summed E-state index contributed by atoms with van der Waals surface area (Å²) in [7, 11) is 0. The lowest BCUT2D eigenvalue weighted by Gasteiger charge is -2.54. The van der Waals surface area contributed by atoms with E-state index in [4.69, 9.17) is 9.47 Å². The Morgan fingerprint density at radius 3 is 2.83 bits per heavy atom. The van der Waals surface area contributed by atoms with Crippen LogP contribution in [0.4, 0.5) is 0 Å². The second-order valence-electron chi connectivity index (χ2n) is 8.05. The molecular formula is C18H24O6. The van der Waals surface area contributed by atoms with Crippen molar-refractivity contribution in [3.05, 3.63) is 11.6 Å². The molecule has 0 aromatic carbocycles. The quantitative estimate of drug-likeness (QED) is 0.725. The van der Waals surface area contributed by atoms with Crippen molar-refractivity contribution in [2.45, 2.75) is 51.4 Å². The molecule has 132 valence electrons. The molecule has 2 N–H and O–H groups in total. The molecule has 1 saturated heterocycles. The highest BCUT2D eigenvalue weighted by Crippen LogP contribution is 2.62. The highest BCUT2D eigenvalue weighted by molar-refractivity contribution is 5.85. The van der Waals surface area contributed by atoms with Crippen molar-refractivity contribution in [2.24, 2.45) is 29.1 Å². The molecule has 0 amide bonds. The number of hydrogen-bond acceptors (Lipinski definition) is 6. The van der Waals surface area contributed by atoms with Gasteiger partial charge in [-0.2, -0.15) is 0 Å². The van der Waals surface area contributed by atoms with Crippen LogP contribution in [0, 0.1) is 29.1 Å². The Hall–Kier alpha value is -1.40. The Labute approximate surface area is 140 Å². The minimum Gasteiger partial charge on any atom is -0.462 e. The summed E-state index contributed by atoms with van der Waals surface area (Å²) in [6.07, 6.45) is 2.10. The van der Waals surface area contributed by atoms with Gasteiger partial charge in [-0.25, -0.2) is 4.79 Å². The zero-order valence-electron chi connectivity index (χ0n) is 14.0. The maximum atomic E-state index is 12.3. The zero-order chi connectivity index (χ0) is 17.2. The summed E-state index contributed by atoms with van der Waals surface area (Å²) in [5.41, 5.74) is 0.664. The van der Waals surface area contributed by atoms with Crippen molar-refractivity contribution in [3.63, 3.8) is 0 Å². The van der Waals surface area contributed by atoms with E-state index in [0.717, 1.165) is 12.0 Å². The number of fused-ring (bicyclic) bond motifs is 2. The lowest BCUT2D eigenvalue weighted by atomic mass is 9.50. The predicted octanol–water partition coefficient (Wildman–Crippen LogP) is 0.805. The number of esters is 2. The number of cyclic esters (lactones) is 1. The zero-order valence-corrected chi connectivity index (χ0v) is 14.0. The van der Waals surface area contributed by atoms with Crippen molar-refractivity contribution < 1.29 is 29.3 Å². The Morgan fingerprint density at radius 2 is 2.12 bits per heavy atom. The van der Waals surface area contributed by atoms with Gasteiger partial charge in [0.25, 0.3) is 0 Å². The van der Waals surface area contributed by atoms with E-state index in [2.05, 4.69) is 6.92 Å². The van der Waals surface area contributed by atoms with E-state index in [1.165, 1.54) is 0 Å². The Morgan fingerprint density at radius 1 is 1.38 bits per heavy atom. The van der Waals surface area contributed by atoms with Gasteiger partial charge in [-0.3, -0.25) is 4.79 Å². The van der Waals surface area contributed by atoms with Crippen LogP contribution in [0.5, 0.6) is 0 Å². The van der Waals surface area contributed by atoms with Crippen LogP contribution in [0.1, 0.15) is 33.1 Å². The van der Waals surface area contributed by atoms with Crippen LogP contribution in [-0.4, -0.2) is 47.1 Å². The largest absolute Gasteiger partial charge is 0.462 e. The summed E-state index contributed by atoms with van der Waals surface area (Å²) in [4.78, 5) is 24.5. The van der Waals surface area contributed by atoms with E-state index in [1.807, 2.05) is 6.92 Å². The maximum absolute atomic E-state index is 12.3. The monoisotopic (exact) mass is 336 g/mol. The molecule has 2 aliphatic heterocycles. The molecule has 24 heavy (non-hydrogen) atoms. The second kappa shape index (κ2) is 5.30. The Balaban J connectivity index is 1.79. The molecule has 4 rings (SSSR count). The molecule has 2 saturated carbocycles. The van der Waals surface area contributed by atoms with Crippen LogP contribution < -0.4 is 0 Å². The highest BCUT2D eigenvalue weighted by atomic mass is 16.6. The highest BCUT2D eigenvalue weighted by Gasteiger charge is 2.64. The third-order valence-corrected chi connectivity index (χ3v) is 6.75. The van der Waals surface area contributed by atoms with Crippen molar-refractivity contribution >= 4 is 11.9 Å². The molecule has 0 radical (unpaired) electrons. The van der Waals surface area contributed by atoms with Gasteiger partial charge in [-0.15, -0.1) is 0 Å². The Kier molecular flexibility index (Phi) is 3.55. The third-order valence-electron chi connectivity index (χ3n) is 6.75. The fraction of sp³-hybridized carbons (Fsp3) is 0.778. The smallest absolute Gasteiger partial charge is 0.331 e. The number of ether oxygens (including phenoxy) is 2. The standard InChI is InChI=1S/C18H24O6/c1-8(7-19)16-9-5-12-15-14(17(22)23-12)11(20)3-4-18(15,2)10(9)6-13(21)24-16/h6,8-9,11-12,14-16,19-20H,3-5,7H2,1-2H3. The second-order valence-corrected chi connectivity index (χ2v) is 8.05. The van der Waals surface area contributed by atoms with Crippen LogP contribution in [0.3, 0.4) is 0 Å². The molecule has 0 bridgehead atoms. The van der Waals surface area contributed by atoms with Crippen molar-refractivity contribution in [2.75, 3.05) is 6.61 Å². The first-order chi connectivity index (χ1) is 11.4. The van der Waals surface area contributed by atoms with Crippen LogP contribution >= 0.6 is 0 Å². The molecule has 6 heteroatoms. The van der Waals surface area contributed by atoms with Crippen LogP contribution in [0.25, 0.3) is 0 Å². The number of carbonyl (C=O) groups is 2. The van der Waals surface area contributed by atoms with Gasteiger partial charge in [0.05, 0.1) is 12.0 Å². The molecule has 8 atom stereocenters. The van der Waals surface area contributed by atoms with Gasteiger partial charge in [-0.05, 0) is 30.3 Å². The Bertz CT molecular complexity index is 613. The van der Waals surface area contributed by atoms with Crippen molar-refractivity contribution in [1.29, 1.82) is 0 Å². The van der Waals surface area contributed by atoms with Crippen LogP contribution in [0.15, 0.2) is 11.6 Å². The van der Waals surface area contributed by atoms with Gasteiger partial charge < -0.3 is 19.7 Å². The fourth-order valence-electron chi connectivity index (χ4n) is 5.59. The summed E-state index contributed by atoms with van der Waals surface area (Å²) in [5, 5.41) is 19.8. The third kappa shape index (κ3) is 2.02. The van der Waals surface area contributed by atoms with Gasteiger partial charge in [0.1, 0.15) is 12.2 Å². The number of hydrogen-bond donors (Lipinski definition) is 2. The van der Waals surface area contributed by atoms with Gasteiger partial charge >= 0.3 is 11.9 Å². The van der Waals surface area contributed by atoms with Crippen molar-refractivity contribution in [1.82, 2.24) is 0 Å². The summed E-state index contributed by atoms with van der Waals surface area (Å²) < 4.78 is 11.1. The molecular weight excluding hydrogens is 312 g/mol. The lowest BCUT2D eigenvalue weighted by Crippen LogP contribution is -2.56. The molecule has 3 fully saturated rings. The van der Waals surface area contributed by atoms with Gasteiger partial charge in [-0.1, -0.05) is 13.8 Å². The molecule has 0 spiro atoms. The first kappa shape index (κ1) is 16.1. The number of rotatable bonds is 2. The molecule has 2 heterocycles. The number of aliphatic hydroxyl groups excluding tert-OH is 2.